The number of esters is 1. The summed E-state index contributed by atoms with van der Waals surface area (Å²) in [5, 5.41) is 9.94. The molecule has 0 heterocycles. The second-order valence-electron chi connectivity index (χ2n) is 22.5. The van der Waals surface area contributed by atoms with Crippen molar-refractivity contribution in [1.29, 1.82) is 0 Å². The van der Waals surface area contributed by atoms with E-state index in [9.17, 15) is 24.3 Å². The summed E-state index contributed by atoms with van der Waals surface area (Å²) in [5.74, 6) is -0.955. The van der Waals surface area contributed by atoms with Crippen molar-refractivity contribution in [2.45, 2.75) is 172 Å². The number of benzene rings is 1. The number of imide groups is 1. The average Bonchev–Trinajstić information content (AvgIpc) is 3.40. The van der Waals surface area contributed by atoms with E-state index >= 15 is 4.79 Å². The number of halogens is 1. The maximum Gasteiger partial charge on any atom is 0.417 e. The number of carboxylic acids is 1. The van der Waals surface area contributed by atoms with E-state index in [0.29, 0.717) is 23.3 Å². The molecule has 5 aliphatic carbocycles. The number of allylic oxidation sites excluding steroid dienone is 1. The van der Waals surface area contributed by atoms with Crippen LogP contribution in [-0.2, 0) is 35.2 Å². The third kappa shape index (κ3) is 7.82. The second kappa shape index (κ2) is 15.3. The standard InChI is InChI=1S/C49H70ClNO8/c1-29(2)39-33(52)25-49(41(56)51(42(57)59-43(3,4)5)28-30-13-15-31(50)16-14-30)24-23-47(11)32(40(39)49)17-18-35-46(10)21-20-36(45(8,9)34(46)19-22-48(35,47)12)58-38(55)27-44(6,7)26-37(53)54/h13-16,29,32,34-36H,17-28H2,1-12H3,(H,53,54)/t32-,34+,35-,36+,46+,47-,48-,49-/m1/s1. The number of hydrogen-bond acceptors (Lipinski definition) is 7. The molecule has 2 amide bonds. The summed E-state index contributed by atoms with van der Waals surface area (Å²) in [6, 6.07) is 7.14. The molecule has 10 heteroatoms. The number of aliphatic carboxylic acids is 1. The number of fused-ring (bicyclic) bond motifs is 7. The number of Topliss-reactive ketones (excluding diaryl/α,β-unsaturated/α-hetero) is 1. The van der Waals surface area contributed by atoms with E-state index in [0.717, 1.165) is 61.7 Å². The Bertz CT molecular complexity index is 1910. The summed E-state index contributed by atoms with van der Waals surface area (Å²) in [6.07, 6.45) is 5.78. The van der Waals surface area contributed by atoms with Crippen LogP contribution in [0.3, 0.4) is 0 Å². The maximum atomic E-state index is 15.4. The highest BCUT2D eigenvalue weighted by atomic mass is 35.5. The Kier molecular flexibility index (Phi) is 11.8. The lowest BCUT2D eigenvalue weighted by Gasteiger charge is -2.72. The van der Waals surface area contributed by atoms with Gasteiger partial charge in [0.05, 0.1) is 24.8 Å². The lowest BCUT2D eigenvalue weighted by molar-refractivity contribution is -0.233. The minimum atomic E-state index is -1.13. The minimum Gasteiger partial charge on any atom is -0.481 e. The van der Waals surface area contributed by atoms with Crippen LogP contribution in [0, 0.1) is 56.2 Å². The quantitative estimate of drug-likeness (QED) is 0.244. The first-order chi connectivity index (χ1) is 27.1. The molecule has 1 N–H and O–H groups in total. The predicted octanol–water partition coefficient (Wildman–Crippen LogP) is 11.4. The predicted molar refractivity (Wildman–Crippen MR) is 228 cm³/mol. The number of amides is 2. The second-order valence-corrected chi connectivity index (χ2v) is 23.0. The van der Waals surface area contributed by atoms with Gasteiger partial charge in [-0.2, -0.15) is 0 Å². The third-order valence-corrected chi connectivity index (χ3v) is 16.7. The maximum absolute atomic E-state index is 15.4. The highest BCUT2D eigenvalue weighted by Gasteiger charge is 2.71. The van der Waals surface area contributed by atoms with Gasteiger partial charge in [-0.25, -0.2) is 9.69 Å². The molecule has 0 unspecified atom stereocenters. The van der Waals surface area contributed by atoms with Crippen molar-refractivity contribution < 1.29 is 38.6 Å². The highest BCUT2D eigenvalue weighted by molar-refractivity contribution is 6.30. The molecule has 0 radical (unpaired) electrons. The van der Waals surface area contributed by atoms with Crippen LogP contribution >= 0.6 is 11.6 Å². The van der Waals surface area contributed by atoms with Crippen LogP contribution in [-0.4, -0.2) is 51.4 Å². The lowest BCUT2D eigenvalue weighted by atomic mass is 9.33. The molecule has 1 aromatic rings. The Morgan fingerprint density at radius 3 is 2.08 bits per heavy atom. The lowest BCUT2D eigenvalue weighted by Crippen LogP contribution is -2.66. The zero-order chi connectivity index (χ0) is 43.9. The zero-order valence-electron chi connectivity index (χ0n) is 37.8. The molecule has 6 rings (SSSR count). The Morgan fingerprint density at radius 2 is 1.49 bits per heavy atom. The number of carboxylic acid groups (broad SMARTS) is 1. The van der Waals surface area contributed by atoms with Gasteiger partial charge in [0.15, 0.2) is 5.78 Å². The molecule has 0 spiro atoms. The van der Waals surface area contributed by atoms with Crippen LogP contribution in [0.4, 0.5) is 4.79 Å². The van der Waals surface area contributed by atoms with E-state index in [1.807, 2.05) is 12.1 Å². The van der Waals surface area contributed by atoms with Gasteiger partial charge in [0.1, 0.15) is 11.7 Å². The van der Waals surface area contributed by atoms with Crippen LogP contribution in [0.2, 0.25) is 5.02 Å². The Balaban J connectivity index is 1.33. The Hall–Kier alpha value is -3.20. The number of carbonyl (C=O) groups is 5. The van der Waals surface area contributed by atoms with Gasteiger partial charge in [-0.3, -0.25) is 19.2 Å². The van der Waals surface area contributed by atoms with E-state index in [1.54, 1.807) is 46.8 Å². The molecule has 5 aliphatic rings. The largest absolute Gasteiger partial charge is 0.481 e. The van der Waals surface area contributed by atoms with Gasteiger partial charge in [-0.15, -0.1) is 0 Å². The zero-order valence-corrected chi connectivity index (χ0v) is 38.6. The summed E-state index contributed by atoms with van der Waals surface area (Å²) in [4.78, 5) is 69.9. The molecule has 0 aliphatic heterocycles. The van der Waals surface area contributed by atoms with Crippen LogP contribution in [0.15, 0.2) is 35.4 Å². The molecule has 1 aromatic carbocycles. The van der Waals surface area contributed by atoms with Crippen LogP contribution in [0.5, 0.6) is 0 Å². The number of hydrogen-bond donors (Lipinski definition) is 1. The van der Waals surface area contributed by atoms with Crippen molar-refractivity contribution in [3.05, 3.63) is 46.0 Å². The molecular weight excluding hydrogens is 766 g/mol. The van der Waals surface area contributed by atoms with E-state index < -0.39 is 28.5 Å². The molecule has 0 bridgehead atoms. The Morgan fingerprint density at radius 1 is 0.847 bits per heavy atom. The molecule has 59 heavy (non-hydrogen) atoms. The van der Waals surface area contributed by atoms with Crippen molar-refractivity contribution in [3.63, 3.8) is 0 Å². The highest BCUT2D eigenvalue weighted by Crippen LogP contribution is 2.77. The van der Waals surface area contributed by atoms with E-state index in [1.165, 1.54) is 4.90 Å². The number of nitrogens with zero attached hydrogens (tertiary/aromatic N) is 1. The van der Waals surface area contributed by atoms with Gasteiger partial charge in [0, 0.05) is 16.9 Å². The topological polar surface area (TPSA) is 127 Å². The normalized spacial score (nSPS) is 34.0. The minimum absolute atomic E-state index is 0.000860. The van der Waals surface area contributed by atoms with Crippen molar-refractivity contribution in [1.82, 2.24) is 4.90 Å². The van der Waals surface area contributed by atoms with Crippen LogP contribution < -0.4 is 0 Å². The first-order valence-corrected chi connectivity index (χ1v) is 22.5. The van der Waals surface area contributed by atoms with Gasteiger partial charge in [0.2, 0.25) is 5.91 Å². The summed E-state index contributed by atoms with van der Waals surface area (Å²) in [5.41, 5.74) is -0.748. The van der Waals surface area contributed by atoms with Crippen molar-refractivity contribution in [2.24, 2.45) is 56.2 Å². The van der Waals surface area contributed by atoms with Crippen molar-refractivity contribution in [2.75, 3.05) is 0 Å². The summed E-state index contributed by atoms with van der Waals surface area (Å²) in [6.45, 7) is 25.0. The molecule has 4 saturated carbocycles. The summed E-state index contributed by atoms with van der Waals surface area (Å²) in [7, 11) is 0. The fourth-order valence-corrected chi connectivity index (χ4v) is 13.8. The van der Waals surface area contributed by atoms with Gasteiger partial charge in [-0.05, 0) is 146 Å². The van der Waals surface area contributed by atoms with E-state index in [-0.39, 0.29) is 83.1 Å². The number of ether oxygens (including phenoxy) is 2. The smallest absolute Gasteiger partial charge is 0.417 e. The van der Waals surface area contributed by atoms with Gasteiger partial charge in [0.25, 0.3) is 0 Å². The first-order valence-electron chi connectivity index (χ1n) is 22.1. The number of ketones is 1. The van der Waals surface area contributed by atoms with Gasteiger partial charge >= 0.3 is 18.0 Å². The molecular formula is C49H70ClNO8. The van der Waals surface area contributed by atoms with E-state index in [2.05, 4.69) is 48.5 Å². The monoisotopic (exact) mass is 835 g/mol. The summed E-state index contributed by atoms with van der Waals surface area (Å²) < 4.78 is 12.2. The summed E-state index contributed by atoms with van der Waals surface area (Å²) >= 11 is 6.22. The average molecular weight is 837 g/mol. The first kappa shape index (κ1) is 45.3. The number of carbonyl (C=O) groups excluding carboxylic acids is 4. The van der Waals surface area contributed by atoms with Gasteiger partial charge in [-0.1, -0.05) is 86.0 Å². The number of rotatable bonds is 9. The molecule has 0 aromatic heterocycles. The van der Waals surface area contributed by atoms with Crippen LogP contribution in [0.25, 0.3) is 0 Å². The molecule has 0 saturated heterocycles. The van der Waals surface area contributed by atoms with Crippen LogP contribution in [0.1, 0.15) is 159 Å². The van der Waals surface area contributed by atoms with E-state index in [4.69, 9.17) is 21.1 Å². The van der Waals surface area contributed by atoms with Gasteiger partial charge < -0.3 is 14.6 Å². The molecule has 4 fully saturated rings. The molecule has 9 nitrogen and oxygen atoms in total. The Labute approximate surface area is 357 Å². The fraction of sp³-hybridized carbons (Fsp3) is 0.735. The SMILES string of the molecule is CC(C)C1=C2[C@H]3CC[C@@H]4[C@@]5(C)CC[C@H](OC(=O)CC(C)(C)CC(=O)O)C(C)(C)[C@@H]5CC[C@@]4(C)[C@]3(C)CC[C@@]2(C(=O)N(Cc2ccc(Cl)cc2)C(=O)OC(C)(C)C)CC1=O. The van der Waals surface area contributed by atoms with Crippen molar-refractivity contribution in [3.8, 4) is 0 Å². The molecule has 8 atom stereocenters. The fourth-order valence-electron chi connectivity index (χ4n) is 13.7. The van der Waals surface area contributed by atoms with Crippen molar-refractivity contribution >= 4 is 41.3 Å². The molecule has 326 valence electrons. The third-order valence-electron chi connectivity index (χ3n) is 16.4.